The smallest absolute Gasteiger partial charge is 0.0600 e. The molecular weight excluding hydrogens is 198 g/mol. The lowest BCUT2D eigenvalue weighted by molar-refractivity contribution is 0.0498. The van der Waals surface area contributed by atoms with Crippen molar-refractivity contribution in [2.75, 3.05) is 0 Å². The molecule has 0 radical (unpaired) electrons. The van der Waals surface area contributed by atoms with Gasteiger partial charge in [-0.25, -0.2) is 0 Å². The highest BCUT2D eigenvalue weighted by atomic mass is 16.5. The lowest BCUT2D eigenvalue weighted by Gasteiger charge is -2.29. The van der Waals surface area contributed by atoms with Gasteiger partial charge < -0.3 is 10.5 Å². The molecule has 1 fully saturated rings. The molecule has 1 heterocycles. The van der Waals surface area contributed by atoms with Gasteiger partial charge in [0.2, 0.25) is 0 Å². The van der Waals surface area contributed by atoms with Gasteiger partial charge in [-0.1, -0.05) is 18.6 Å². The fraction of sp³-hybridized carbons (Fsp3) is 0.857. The van der Waals surface area contributed by atoms with E-state index in [9.17, 15) is 0 Å². The van der Waals surface area contributed by atoms with E-state index < -0.39 is 0 Å². The summed E-state index contributed by atoms with van der Waals surface area (Å²) >= 11 is 0. The van der Waals surface area contributed by atoms with Gasteiger partial charge in [-0.15, -0.1) is 0 Å². The Bertz CT molecular complexity index is 274. The highest BCUT2D eigenvalue weighted by molar-refractivity contribution is 5.16. The van der Waals surface area contributed by atoms with Crippen molar-refractivity contribution < 1.29 is 4.74 Å². The van der Waals surface area contributed by atoms with Crippen LogP contribution in [0.15, 0.2) is 11.6 Å². The van der Waals surface area contributed by atoms with Gasteiger partial charge >= 0.3 is 0 Å². The molecule has 5 unspecified atom stereocenters. The Morgan fingerprint density at radius 1 is 1.25 bits per heavy atom. The molecule has 1 aliphatic carbocycles. The van der Waals surface area contributed by atoms with Crippen molar-refractivity contribution in [1.29, 1.82) is 0 Å². The van der Waals surface area contributed by atoms with Gasteiger partial charge in [-0.3, -0.25) is 0 Å². The van der Waals surface area contributed by atoms with Crippen LogP contribution in [0.1, 0.15) is 46.5 Å². The first kappa shape index (κ1) is 12.1. The normalized spacial score (nSPS) is 41.9. The summed E-state index contributed by atoms with van der Waals surface area (Å²) in [6.45, 7) is 6.62. The maximum atomic E-state index is 6.45. The summed E-state index contributed by atoms with van der Waals surface area (Å²) in [5.74, 6) is 1.08. The van der Waals surface area contributed by atoms with E-state index in [2.05, 4.69) is 26.8 Å². The van der Waals surface area contributed by atoms with Crippen molar-refractivity contribution in [3.8, 4) is 0 Å². The number of nitrogens with two attached hydrogens (primary N) is 1. The van der Waals surface area contributed by atoms with Crippen LogP contribution in [0, 0.1) is 11.8 Å². The molecular formula is C14H25NO. The molecule has 0 aromatic carbocycles. The van der Waals surface area contributed by atoms with Crippen LogP contribution in [0.4, 0.5) is 0 Å². The molecule has 2 rings (SSSR count). The van der Waals surface area contributed by atoms with E-state index in [-0.39, 0.29) is 6.04 Å². The quantitative estimate of drug-likeness (QED) is 0.731. The average Bonchev–Trinajstić information content (AvgIpc) is 2.54. The number of rotatable bonds is 2. The molecule has 0 aromatic rings. The van der Waals surface area contributed by atoms with Gasteiger partial charge in [0.25, 0.3) is 0 Å². The predicted molar refractivity (Wildman–Crippen MR) is 67.2 cm³/mol. The van der Waals surface area contributed by atoms with Gasteiger partial charge in [0.15, 0.2) is 0 Å². The summed E-state index contributed by atoms with van der Waals surface area (Å²) in [4.78, 5) is 0. The Balaban J connectivity index is 2.08. The Kier molecular flexibility index (Phi) is 3.70. The van der Waals surface area contributed by atoms with Gasteiger partial charge in [-0.05, 0) is 45.4 Å². The molecule has 1 aliphatic heterocycles. The summed E-state index contributed by atoms with van der Waals surface area (Å²) in [5.41, 5.74) is 7.93. The van der Waals surface area contributed by atoms with E-state index >= 15 is 0 Å². The fourth-order valence-electron chi connectivity index (χ4n) is 3.33. The summed E-state index contributed by atoms with van der Waals surface area (Å²) in [6.07, 6.45) is 8.10. The SMILES string of the molecule is CC1OC(C)C(C(N)C2=CCCCC2)C1C. The molecule has 16 heavy (non-hydrogen) atoms. The molecule has 2 heteroatoms. The van der Waals surface area contributed by atoms with Crippen LogP contribution in [0.25, 0.3) is 0 Å². The van der Waals surface area contributed by atoms with E-state index in [4.69, 9.17) is 10.5 Å². The Hall–Kier alpha value is -0.340. The van der Waals surface area contributed by atoms with Crippen LogP contribution in [-0.2, 0) is 4.74 Å². The van der Waals surface area contributed by atoms with Crippen LogP contribution in [0.2, 0.25) is 0 Å². The molecule has 1 saturated heterocycles. The Morgan fingerprint density at radius 3 is 2.50 bits per heavy atom. The lowest BCUT2D eigenvalue weighted by Crippen LogP contribution is -2.39. The topological polar surface area (TPSA) is 35.2 Å². The van der Waals surface area contributed by atoms with E-state index in [0.717, 1.165) is 0 Å². The van der Waals surface area contributed by atoms with Crippen LogP contribution in [0.5, 0.6) is 0 Å². The molecule has 0 amide bonds. The zero-order chi connectivity index (χ0) is 11.7. The number of allylic oxidation sites excluding steroid dienone is 1. The first-order valence-corrected chi connectivity index (χ1v) is 6.71. The van der Waals surface area contributed by atoms with Crippen LogP contribution < -0.4 is 5.73 Å². The largest absolute Gasteiger partial charge is 0.375 e. The number of hydrogen-bond donors (Lipinski definition) is 1. The standard InChI is InChI=1S/C14H25NO/c1-9-10(2)16-11(3)13(9)14(15)12-7-5-4-6-8-12/h7,9-11,13-14H,4-6,8,15H2,1-3H3. The van der Waals surface area contributed by atoms with E-state index in [0.29, 0.717) is 24.0 Å². The van der Waals surface area contributed by atoms with Crippen LogP contribution >= 0.6 is 0 Å². The van der Waals surface area contributed by atoms with E-state index in [1.54, 1.807) is 0 Å². The van der Waals surface area contributed by atoms with Crippen molar-refractivity contribution in [1.82, 2.24) is 0 Å². The Labute approximate surface area is 99.2 Å². The number of hydrogen-bond acceptors (Lipinski definition) is 2. The molecule has 2 nitrogen and oxygen atoms in total. The van der Waals surface area contributed by atoms with Crippen molar-refractivity contribution in [2.45, 2.75) is 64.7 Å². The third-order valence-electron chi connectivity index (χ3n) is 4.49. The minimum absolute atomic E-state index is 0.218. The van der Waals surface area contributed by atoms with Crippen molar-refractivity contribution in [2.24, 2.45) is 17.6 Å². The zero-order valence-electron chi connectivity index (χ0n) is 10.8. The van der Waals surface area contributed by atoms with Crippen molar-refractivity contribution in [3.05, 3.63) is 11.6 Å². The third-order valence-corrected chi connectivity index (χ3v) is 4.49. The Morgan fingerprint density at radius 2 is 2.00 bits per heavy atom. The lowest BCUT2D eigenvalue weighted by atomic mass is 9.78. The highest BCUT2D eigenvalue weighted by Crippen LogP contribution is 2.37. The molecule has 2 aliphatic rings. The average molecular weight is 223 g/mol. The minimum atomic E-state index is 0.218. The molecule has 0 bridgehead atoms. The molecule has 0 saturated carbocycles. The van der Waals surface area contributed by atoms with Crippen LogP contribution in [-0.4, -0.2) is 18.2 Å². The molecule has 0 spiro atoms. The molecule has 5 atom stereocenters. The first-order valence-electron chi connectivity index (χ1n) is 6.71. The summed E-state index contributed by atoms with van der Waals surface area (Å²) in [7, 11) is 0. The zero-order valence-corrected chi connectivity index (χ0v) is 10.8. The summed E-state index contributed by atoms with van der Waals surface area (Å²) in [5, 5.41) is 0. The highest BCUT2D eigenvalue weighted by Gasteiger charge is 2.41. The van der Waals surface area contributed by atoms with Crippen molar-refractivity contribution in [3.63, 3.8) is 0 Å². The minimum Gasteiger partial charge on any atom is -0.375 e. The second kappa shape index (κ2) is 4.89. The monoisotopic (exact) mass is 223 g/mol. The predicted octanol–water partition coefficient (Wildman–Crippen LogP) is 2.87. The molecule has 0 aromatic heterocycles. The summed E-state index contributed by atoms with van der Waals surface area (Å²) in [6, 6.07) is 0.218. The molecule has 2 N–H and O–H groups in total. The number of ether oxygens (including phenoxy) is 1. The van der Waals surface area contributed by atoms with Gasteiger partial charge in [0.1, 0.15) is 0 Å². The van der Waals surface area contributed by atoms with E-state index in [1.807, 2.05) is 0 Å². The maximum Gasteiger partial charge on any atom is 0.0600 e. The van der Waals surface area contributed by atoms with Gasteiger partial charge in [0, 0.05) is 12.0 Å². The van der Waals surface area contributed by atoms with Crippen LogP contribution in [0.3, 0.4) is 0 Å². The van der Waals surface area contributed by atoms with Crippen molar-refractivity contribution >= 4 is 0 Å². The second-order valence-corrected chi connectivity index (χ2v) is 5.53. The van der Waals surface area contributed by atoms with E-state index in [1.165, 1.54) is 31.3 Å². The fourth-order valence-corrected chi connectivity index (χ4v) is 3.33. The second-order valence-electron chi connectivity index (χ2n) is 5.53. The van der Waals surface area contributed by atoms with Gasteiger partial charge in [0.05, 0.1) is 12.2 Å². The molecule has 92 valence electrons. The maximum absolute atomic E-state index is 6.45. The first-order chi connectivity index (χ1) is 7.61. The third kappa shape index (κ3) is 2.18. The van der Waals surface area contributed by atoms with Gasteiger partial charge in [-0.2, -0.15) is 0 Å². The summed E-state index contributed by atoms with van der Waals surface area (Å²) < 4.78 is 5.89.